The Labute approximate surface area is 135 Å². The summed E-state index contributed by atoms with van der Waals surface area (Å²) in [6.07, 6.45) is 0.179. The Morgan fingerprint density at radius 2 is 2.14 bits per heavy atom. The lowest BCUT2D eigenvalue weighted by molar-refractivity contribution is -0.135. The van der Waals surface area contributed by atoms with Crippen molar-refractivity contribution in [3.05, 3.63) is 34.9 Å². The van der Waals surface area contributed by atoms with Crippen LogP contribution in [0.25, 0.3) is 0 Å². The number of benzene rings is 1. The number of likely N-dealkylation sites (N-methyl/N-ethyl adjacent to an activating group) is 1. The van der Waals surface area contributed by atoms with Gasteiger partial charge in [-0.1, -0.05) is 29.8 Å². The monoisotopic (exact) mass is 324 g/mol. The van der Waals surface area contributed by atoms with Crippen LogP contribution < -0.4 is 0 Å². The number of carbonyl (C=O) groups excluding carboxylic acids is 2. The first-order chi connectivity index (χ1) is 10.5. The summed E-state index contributed by atoms with van der Waals surface area (Å²) in [5.41, 5.74) is 0.799. The summed E-state index contributed by atoms with van der Waals surface area (Å²) in [4.78, 5) is 28.1. The molecule has 0 unspecified atom stereocenters. The summed E-state index contributed by atoms with van der Waals surface area (Å²) < 4.78 is 0. The molecule has 2 rings (SSSR count). The fourth-order valence-electron chi connectivity index (χ4n) is 3.03. The largest absolute Gasteiger partial charge is 0.395 e. The van der Waals surface area contributed by atoms with Crippen molar-refractivity contribution in [2.24, 2.45) is 5.92 Å². The topological polar surface area (TPSA) is 60.9 Å². The van der Waals surface area contributed by atoms with Gasteiger partial charge in [0, 0.05) is 31.6 Å². The number of hydrogen-bond donors (Lipinski definition) is 1. The molecule has 1 aromatic carbocycles. The average Bonchev–Trinajstić information content (AvgIpc) is 2.83. The highest BCUT2D eigenvalue weighted by Gasteiger charge is 2.45. The fraction of sp³-hybridized carbons (Fsp3) is 0.500. The van der Waals surface area contributed by atoms with Crippen molar-refractivity contribution in [3.63, 3.8) is 0 Å². The van der Waals surface area contributed by atoms with E-state index in [1.165, 1.54) is 4.90 Å². The highest BCUT2D eigenvalue weighted by molar-refractivity contribution is 6.31. The second-order valence-electron chi connectivity index (χ2n) is 5.44. The Bertz CT molecular complexity index is 564. The lowest BCUT2D eigenvalue weighted by Gasteiger charge is -2.30. The van der Waals surface area contributed by atoms with Crippen molar-refractivity contribution in [3.8, 4) is 0 Å². The van der Waals surface area contributed by atoms with Crippen molar-refractivity contribution in [2.75, 3.05) is 26.7 Å². The maximum Gasteiger partial charge on any atom is 0.228 e. The molecule has 0 radical (unpaired) electrons. The van der Waals surface area contributed by atoms with Gasteiger partial charge < -0.3 is 14.9 Å². The van der Waals surface area contributed by atoms with Gasteiger partial charge in [-0.25, -0.2) is 0 Å². The molecule has 2 atom stereocenters. The first-order valence-electron chi connectivity index (χ1n) is 7.41. The lowest BCUT2D eigenvalue weighted by atomic mass is 9.92. The van der Waals surface area contributed by atoms with Crippen LogP contribution in [0, 0.1) is 5.92 Å². The molecule has 1 heterocycles. The Hall–Kier alpha value is -1.59. The summed E-state index contributed by atoms with van der Waals surface area (Å²) in [6, 6.07) is 6.97. The summed E-state index contributed by atoms with van der Waals surface area (Å²) in [7, 11) is 1.64. The molecule has 1 N–H and O–H groups in total. The fourth-order valence-corrected chi connectivity index (χ4v) is 3.28. The molecule has 0 aliphatic carbocycles. The zero-order chi connectivity index (χ0) is 16.3. The summed E-state index contributed by atoms with van der Waals surface area (Å²) in [5, 5.41) is 9.57. The second kappa shape index (κ2) is 7.11. The van der Waals surface area contributed by atoms with E-state index in [-0.39, 0.29) is 37.4 Å². The molecular weight excluding hydrogens is 304 g/mol. The molecule has 0 bridgehead atoms. The smallest absolute Gasteiger partial charge is 0.228 e. The van der Waals surface area contributed by atoms with Crippen molar-refractivity contribution in [1.82, 2.24) is 9.80 Å². The van der Waals surface area contributed by atoms with Crippen LogP contribution in [0.3, 0.4) is 0 Å². The number of aliphatic hydroxyl groups is 1. The number of rotatable bonds is 5. The van der Waals surface area contributed by atoms with E-state index in [4.69, 9.17) is 16.7 Å². The van der Waals surface area contributed by atoms with Gasteiger partial charge in [0.15, 0.2) is 0 Å². The van der Waals surface area contributed by atoms with Crippen molar-refractivity contribution < 1.29 is 14.7 Å². The molecule has 0 saturated carbocycles. The van der Waals surface area contributed by atoms with Gasteiger partial charge in [-0.05, 0) is 18.6 Å². The third-order valence-corrected chi connectivity index (χ3v) is 4.47. The second-order valence-corrected chi connectivity index (χ2v) is 5.85. The predicted octanol–water partition coefficient (Wildman–Crippen LogP) is 1.70. The van der Waals surface area contributed by atoms with Gasteiger partial charge in [0.25, 0.3) is 0 Å². The molecule has 1 aliphatic heterocycles. The molecule has 0 spiro atoms. The molecular formula is C16H21ClN2O3. The van der Waals surface area contributed by atoms with Crippen LogP contribution in [0.5, 0.6) is 0 Å². The number of halogens is 1. The SMILES string of the molecule is CCN1C(=O)C[C@@H](C(=O)N(C)CCO)[C@@H]1c1ccccc1Cl. The maximum absolute atomic E-state index is 12.6. The van der Waals surface area contributed by atoms with Gasteiger partial charge in [0.2, 0.25) is 11.8 Å². The Morgan fingerprint density at radius 3 is 2.73 bits per heavy atom. The van der Waals surface area contributed by atoms with E-state index in [9.17, 15) is 9.59 Å². The van der Waals surface area contributed by atoms with Gasteiger partial charge >= 0.3 is 0 Å². The standard InChI is InChI=1S/C16H21ClN2O3/c1-3-19-14(21)10-12(16(22)18(2)8-9-20)15(19)11-6-4-5-7-13(11)17/h4-7,12,15,20H,3,8-10H2,1-2H3/t12-,15+/m1/s1. The Kier molecular flexibility index (Phi) is 5.42. The van der Waals surface area contributed by atoms with Crippen molar-refractivity contribution in [2.45, 2.75) is 19.4 Å². The van der Waals surface area contributed by atoms with Crippen LogP contribution in [0.4, 0.5) is 0 Å². The average molecular weight is 325 g/mol. The van der Waals surface area contributed by atoms with Crippen molar-refractivity contribution >= 4 is 23.4 Å². The number of aliphatic hydroxyl groups excluding tert-OH is 1. The lowest BCUT2D eigenvalue weighted by Crippen LogP contribution is -2.38. The third kappa shape index (κ3) is 3.10. The molecule has 6 heteroatoms. The van der Waals surface area contributed by atoms with E-state index in [2.05, 4.69) is 0 Å². The highest BCUT2D eigenvalue weighted by atomic mass is 35.5. The van der Waals surface area contributed by atoms with Gasteiger partial charge in [0.1, 0.15) is 0 Å². The first kappa shape index (κ1) is 16.8. The minimum absolute atomic E-state index is 0.0387. The van der Waals surface area contributed by atoms with Crippen LogP contribution in [0.2, 0.25) is 5.02 Å². The molecule has 1 saturated heterocycles. The van der Waals surface area contributed by atoms with Gasteiger partial charge in [0.05, 0.1) is 18.6 Å². The molecule has 120 valence electrons. The maximum atomic E-state index is 12.6. The zero-order valence-corrected chi connectivity index (χ0v) is 13.6. The van der Waals surface area contributed by atoms with Crippen LogP contribution in [0.15, 0.2) is 24.3 Å². The number of amides is 2. The summed E-state index contributed by atoms with van der Waals surface area (Å²) in [5.74, 6) is -0.643. The van der Waals surface area contributed by atoms with Crippen LogP contribution >= 0.6 is 11.6 Å². The molecule has 22 heavy (non-hydrogen) atoms. The normalized spacial score (nSPS) is 21.3. The zero-order valence-electron chi connectivity index (χ0n) is 12.8. The molecule has 1 aromatic rings. The quantitative estimate of drug-likeness (QED) is 0.896. The minimum Gasteiger partial charge on any atom is -0.395 e. The van der Waals surface area contributed by atoms with E-state index < -0.39 is 5.92 Å². The molecule has 0 aromatic heterocycles. The summed E-state index contributed by atoms with van der Waals surface area (Å²) in [6.45, 7) is 2.58. The third-order valence-electron chi connectivity index (χ3n) is 4.13. The Balaban J connectivity index is 2.38. The molecule has 2 amide bonds. The van der Waals surface area contributed by atoms with E-state index in [1.807, 2.05) is 25.1 Å². The van der Waals surface area contributed by atoms with E-state index >= 15 is 0 Å². The van der Waals surface area contributed by atoms with Crippen molar-refractivity contribution in [1.29, 1.82) is 0 Å². The highest BCUT2D eigenvalue weighted by Crippen LogP contribution is 2.41. The van der Waals surface area contributed by atoms with Crippen LogP contribution in [-0.4, -0.2) is 53.5 Å². The van der Waals surface area contributed by atoms with E-state index in [0.717, 1.165) is 5.56 Å². The predicted molar refractivity (Wildman–Crippen MR) is 84.4 cm³/mol. The van der Waals surface area contributed by atoms with Gasteiger partial charge in [-0.2, -0.15) is 0 Å². The Morgan fingerprint density at radius 1 is 1.45 bits per heavy atom. The number of carbonyl (C=O) groups is 2. The molecule has 1 fully saturated rings. The molecule has 5 nitrogen and oxygen atoms in total. The number of nitrogens with zero attached hydrogens (tertiary/aromatic N) is 2. The minimum atomic E-state index is -0.469. The van der Waals surface area contributed by atoms with Crippen LogP contribution in [-0.2, 0) is 9.59 Å². The molecule has 1 aliphatic rings. The van der Waals surface area contributed by atoms with E-state index in [0.29, 0.717) is 11.6 Å². The van der Waals surface area contributed by atoms with Gasteiger partial charge in [-0.3, -0.25) is 9.59 Å². The number of likely N-dealkylation sites (tertiary alicyclic amines) is 1. The van der Waals surface area contributed by atoms with E-state index in [1.54, 1.807) is 18.0 Å². The van der Waals surface area contributed by atoms with Gasteiger partial charge in [-0.15, -0.1) is 0 Å². The first-order valence-corrected chi connectivity index (χ1v) is 7.78. The number of hydrogen-bond acceptors (Lipinski definition) is 3. The summed E-state index contributed by atoms with van der Waals surface area (Å²) >= 11 is 6.28. The van der Waals surface area contributed by atoms with Crippen LogP contribution in [0.1, 0.15) is 24.9 Å².